The largest absolute Gasteiger partial charge is 0.383 e. The molecule has 0 atom stereocenters. The smallest absolute Gasteiger partial charge is 0.269 e. The van der Waals surface area contributed by atoms with Gasteiger partial charge in [-0.25, -0.2) is 26.7 Å². The molecule has 0 aliphatic heterocycles. The summed E-state index contributed by atoms with van der Waals surface area (Å²) >= 11 is 1.22. The first kappa shape index (κ1) is 25.0. The number of aliphatic hydroxyl groups is 1. The molecule has 0 radical (unpaired) electrons. The molecular formula is C30H23FN4O3S2. The van der Waals surface area contributed by atoms with E-state index in [1.54, 1.807) is 48.8 Å². The minimum Gasteiger partial charge on any atom is -0.383 e. The maximum atomic E-state index is 15.5. The van der Waals surface area contributed by atoms with E-state index in [1.807, 2.05) is 31.2 Å². The normalized spacial score (nSPS) is 15.0. The Balaban J connectivity index is 1.51. The fourth-order valence-electron chi connectivity index (χ4n) is 5.18. The van der Waals surface area contributed by atoms with Crippen LogP contribution in [0.25, 0.3) is 43.6 Å². The highest BCUT2D eigenvalue weighted by atomic mass is 32.2. The molecule has 6 aromatic rings. The van der Waals surface area contributed by atoms with Crippen LogP contribution in [-0.2, 0) is 15.6 Å². The van der Waals surface area contributed by atoms with Gasteiger partial charge in [0, 0.05) is 34.3 Å². The number of fused-ring (bicyclic) bond motifs is 2. The zero-order valence-corrected chi connectivity index (χ0v) is 23.0. The number of benzene rings is 2. The Hall–Kier alpha value is -3.99. The number of pyridine rings is 2. The van der Waals surface area contributed by atoms with Gasteiger partial charge in [0.15, 0.2) is 11.5 Å². The molecule has 2 aromatic carbocycles. The highest BCUT2D eigenvalue weighted by molar-refractivity contribution is 7.90. The van der Waals surface area contributed by atoms with Crippen LogP contribution in [0.3, 0.4) is 0 Å². The number of hydrogen-bond donors (Lipinski definition) is 1. The summed E-state index contributed by atoms with van der Waals surface area (Å²) in [7, 11) is -4.13. The van der Waals surface area contributed by atoms with Crippen molar-refractivity contribution in [3.05, 3.63) is 95.6 Å². The zero-order valence-electron chi connectivity index (χ0n) is 21.4. The molecule has 0 bridgehead atoms. The molecule has 1 aliphatic rings. The van der Waals surface area contributed by atoms with Crippen molar-refractivity contribution in [2.24, 2.45) is 0 Å². The molecule has 1 N–H and O–H groups in total. The third-order valence-electron chi connectivity index (χ3n) is 7.53. The lowest BCUT2D eigenvalue weighted by molar-refractivity contribution is -0.0389. The van der Waals surface area contributed by atoms with Gasteiger partial charge in [0.05, 0.1) is 27.2 Å². The molecule has 4 aromatic heterocycles. The summed E-state index contributed by atoms with van der Waals surface area (Å²) in [6, 6.07) is 17.5. The number of nitrogens with zero attached hydrogens (tertiary/aromatic N) is 4. The number of aromatic nitrogens is 4. The summed E-state index contributed by atoms with van der Waals surface area (Å²) in [5, 5.41) is 12.5. The van der Waals surface area contributed by atoms with Crippen LogP contribution in [0.4, 0.5) is 4.39 Å². The molecule has 200 valence electrons. The molecule has 1 aliphatic carbocycles. The maximum Gasteiger partial charge on any atom is 0.269 e. The molecule has 0 spiro atoms. The van der Waals surface area contributed by atoms with Gasteiger partial charge < -0.3 is 5.11 Å². The fourth-order valence-corrected chi connectivity index (χ4v) is 7.78. The second kappa shape index (κ2) is 9.02. The van der Waals surface area contributed by atoms with E-state index in [0.29, 0.717) is 39.4 Å². The Labute approximate surface area is 233 Å². The van der Waals surface area contributed by atoms with E-state index < -0.39 is 21.4 Å². The Morgan fingerprint density at radius 2 is 1.80 bits per heavy atom. The molecular weight excluding hydrogens is 547 g/mol. The predicted octanol–water partition coefficient (Wildman–Crippen LogP) is 6.43. The third kappa shape index (κ3) is 3.86. The lowest BCUT2D eigenvalue weighted by Crippen LogP contribution is -2.33. The molecule has 7 nitrogen and oxygen atoms in total. The van der Waals surface area contributed by atoms with Gasteiger partial charge in [-0.05, 0) is 62.6 Å². The first-order valence-corrected chi connectivity index (χ1v) is 15.1. The molecule has 1 fully saturated rings. The number of halogens is 1. The Bertz CT molecular complexity index is 2050. The van der Waals surface area contributed by atoms with E-state index in [4.69, 9.17) is 0 Å². The van der Waals surface area contributed by atoms with Crippen molar-refractivity contribution >= 4 is 43.3 Å². The average Bonchev–Trinajstić information content (AvgIpc) is 3.58. The van der Waals surface area contributed by atoms with Crippen LogP contribution in [0.1, 0.15) is 29.8 Å². The van der Waals surface area contributed by atoms with Gasteiger partial charge in [-0.2, -0.15) is 0 Å². The number of rotatable bonds is 5. The van der Waals surface area contributed by atoms with Crippen LogP contribution < -0.4 is 0 Å². The quantitative estimate of drug-likeness (QED) is 0.257. The van der Waals surface area contributed by atoms with Crippen LogP contribution >= 0.6 is 11.3 Å². The molecule has 4 heterocycles. The Morgan fingerprint density at radius 1 is 1.00 bits per heavy atom. The van der Waals surface area contributed by atoms with Crippen LogP contribution in [0.5, 0.6) is 0 Å². The number of hydrogen-bond acceptors (Lipinski definition) is 7. The van der Waals surface area contributed by atoms with E-state index in [1.165, 1.54) is 15.3 Å². The first-order valence-electron chi connectivity index (χ1n) is 12.8. The summed E-state index contributed by atoms with van der Waals surface area (Å²) in [6.07, 6.45) is 6.42. The van der Waals surface area contributed by atoms with Gasteiger partial charge in [0.25, 0.3) is 10.0 Å². The molecule has 1 saturated carbocycles. The average molecular weight is 571 g/mol. The van der Waals surface area contributed by atoms with Crippen LogP contribution in [-0.4, -0.2) is 32.4 Å². The second-order valence-electron chi connectivity index (χ2n) is 10.2. The highest BCUT2D eigenvalue weighted by Gasteiger charge is 2.39. The summed E-state index contributed by atoms with van der Waals surface area (Å²) in [5.41, 5.74) is 1.99. The molecule has 0 saturated heterocycles. The van der Waals surface area contributed by atoms with Crippen molar-refractivity contribution in [2.45, 2.75) is 36.7 Å². The molecule has 0 unspecified atom stereocenters. The SMILES string of the molecule is Cc1ccc(S(=O)(=O)n2c(-c3ccc4ncccc4c3)cc3c(-c4cnc(C5(O)CCC5)s4)c(F)cnc32)cc1. The van der Waals surface area contributed by atoms with Crippen LogP contribution in [0.2, 0.25) is 0 Å². The van der Waals surface area contributed by atoms with Gasteiger partial charge in [-0.3, -0.25) is 4.98 Å². The summed E-state index contributed by atoms with van der Waals surface area (Å²) in [5.74, 6) is -0.595. The van der Waals surface area contributed by atoms with E-state index >= 15 is 4.39 Å². The third-order valence-corrected chi connectivity index (χ3v) is 10.5. The topological polar surface area (TPSA) is 98.0 Å². The summed E-state index contributed by atoms with van der Waals surface area (Å²) < 4.78 is 45.0. The van der Waals surface area contributed by atoms with Gasteiger partial charge in [0.1, 0.15) is 10.6 Å². The maximum absolute atomic E-state index is 15.5. The Morgan fingerprint density at radius 3 is 2.55 bits per heavy atom. The minimum atomic E-state index is -4.13. The fraction of sp³-hybridized carbons (Fsp3) is 0.167. The van der Waals surface area contributed by atoms with Crippen LogP contribution in [0, 0.1) is 12.7 Å². The van der Waals surface area contributed by atoms with Crippen molar-refractivity contribution in [1.29, 1.82) is 0 Å². The van der Waals surface area contributed by atoms with Crippen molar-refractivity contribution in [3.8, 4) is 21.7 Å². The van der Waals surface area contributed by atoms with Crippen LogP contribution in [0.15, 0.2) is 84.1 Å². The van der Waals surface area contributed by atoms with Crippen molar-refractivity contribution < 1.29 is 17.9 Å². The van der Waals surface area contributed by atoms with Gasteiger partial charge >= 0.3 is 0 Å². The van der Waals surface area contributed by atoms with E-state index in [0.717, 1.165) is 29.1 Å². The summed E-state index contributed by atoms with van der Waals surface area (Å²) in [6.45, 7) is 1.88. The van der Waals surface area contributed by atoms with E-state index in [9.17, 15) is 13.5 Å². The highest BCUT2D eigenvalue weighted by Crippen LogP contribution is 2.46. The zero-order chi connectivity index (χ0) is 27.6. The monoisotopic (exact) mass is 570 g/mol. The first-order chi connectivity index (χ1) is 19.2. The standard InChI is InChI=1S/C30H23FN4O3S2/c1-18-5-8-21(9-6-18)40(37,38)35-25(20-7-10-24-19(14-20)4-2-13-32-24)15-22-27(23(31)16-33-28(22)35)26-17-34-29(39-26)30(36)11-3-12-30/h2,4-10,13-17,36H,3,11-12H2,1H3. The lowest BCUT2D eigenvalue weighted by Gasteiger charge is -2.34. The predicted molar refractivity (Wildman–Crippen MR) is 153 cm³/mol. The van der Waals surface area contributed by atoms with Crippen molar-refractivity contribution in [2.75, 3.05) is 0 Å². The molecule has 0 amide bonds. The van der Waals surface area contributed by atoms with Gasteiger partial charge in [0.2, 0.25) is 0 Å². The summed E-state index contributed by atoms with van der Waals surface area (Å²) in [4.78, 5) is 13.7. The van der Waals surface area contributed by atoms with Crippen molar-refractivity contribution in [3.63, 3.8) is 0 Å². The Kier molecular flexibility index (Phi) is 5.64. The number of thiazole rings is 1. The lowest BCUT2D eigenvalue weighted by atomic mass is 9.81. The second-order valence-corrected chi connectivity index (χ2v) is 13.0. The minimum absolute atomic E-state index is 0.0965. The molecule has 40 heavy (non-hydrogen) atoms. The van der Waals surface area contributed by atoms with E-state index in [-0.39, 0.29) is 16.1 Å². The number of aryl methyl sites for hydroxylation is 1. The van der Waals surface area contributed by atoms with Gasteiger partial charge in [-0.15, -0.1) is 11.3 Å². The van der Waals surface area contributed by atoms with Crippen molar-refractivity contribution in [1.82, 2.24) is 18.9 Å². The molecule has 10 heteroatoms. The van der Waals surface area contributed by atoms with Gasteiger partial charge in [-0.1, -0.05) is 29.8 Å². The van der Waals surface area contributed by atoms with E-state index in [2.05, 4.69) is 15.0 Å². The molecule has 7 rings (SSSR count).